The monoisotopic (exact) mass is 260 g/mol. The van der Waals surface area contributed by atoms with E-state index in [4.69, 9.17) is 16.3 Å². The highest BCUT2D eigenvalue weighted by molar-refractivity contribution is 6.29. The van der Waals surface area contributed by atoms with E-state index < -0.39 is 0 Å². The normalized spacial score (nSPS) is 17.7. The molecule has 18 heavy (non-hydrogen) atoms. The van der Waals surface area contributed by atoms with Crippen LogP contribution in [-0.4, -0.2) is 11.6 Å². The molecule has 3 nitrogen and oxygen atoms in total. The van der Waals surface area contributed by atoms with E-state index in [2.05, 4.69) is 16.4 Å². The minimum absolute atomic E-state index is 0.258. The van der Waals surface area contributed by atoms with Crippen LogP contribution in [0.4, 0.5) is 5.69 Å². The summed E-state index contributed by atoms with van der Waals surface area (Å²) in [6.45, 7) is 0.730. The quantitative estimate of drug-likeness (QED) is 0.837. The van der Waals surface area contributed by atoms with E-state index in [0.29, 0.717) is 5.15 Å². The molecular weight excluding hydrogens is 248 g/mol. The molecule has 0 aliphatic carbocycles. The van der Waals surface area contributed by atoms with Crippen molar-refractivity contribution >= 4 is 17.3 Å². The molecule has 0 radical (unpaired) electrons. The van der Waals surface area contributed by atoms with Crippen molar-refractivity contribution in [3.05, 3.63) is 53.3 Å². The van der Waals surface area contributed by atoms with Gasteiger partial charge in [-0.2, -0.15) is 0 Å². The lowest BCUT2D eigenvalue weighted by molar-refractivity contribution is 0.274. The Morgan fingerprint density at radius 1 is 1.28 bits per heavy atom. The van der Waals surface area contributed by atoms with Crippen molar-refractivity contribution in [2.45, 2.75) is 12.5 Å². The fourth-order valence-corrected chi connectivity index (χ4v) is 2.36. The maximum absolute atomic E-state index is 5.89. The molecular formula is C14H13ClN2O. The first kappa shape index (κ1) is 11.4. The van der Waals surface area contributed by atoms with Crippen LogP contribution in [0.2, 0.25) is 5.15 Å². The Balaban J connectivity index is 1.86. The van der Waals surface area contributed by atoms with Crippen LogP contribution < -0.4 is 10.1 Å². The number of aromatic nitrogens is 1. The van der Waals surface area contributed by atoms with Crippen LogP contribution >= 0.6 is 11.6 Å². The van der Waals surface area contributed by atoms with Gasteiger partial charge in [0.1, 0.15) is 10.9 Å². The van der Waals surface area contributed by atoms with Crippen LogP contribution in [0.5, 0.6) is 5.75 Å². The number of anilines is 1. The Morgan fingerprint density at radius 3 is 3.06 bits per heavy atom. The Kier molecular flexibility index (Phi) is 3.07. The maximum atomic E-state index is 5.89. The van der Waals surface area contributed by atoms with Gasteiger partial charge in [-0.1, -0.05) is 29.8 Å². The van der Waals surface area contributed by atoms with E-state index in [-0.39, 0.29) is 6.04 Å². The summed E-state index contributed by atoms with van der Waals surface area (Å²) in [6, 6.07) is 12.1. The zero-order chi connectivity index (χ0) is 12.4. The van der Waals surface area contributed by atoms with Crippen LogP contribution in [0.1, 0.15) is 18.0 Å². The van der Waals surface area contributed by atoms with Gasteiger partial charge in [0.2, 0.25) is 0 Å². The molecule has 0 spiro atoms. The second kappa shape index (κ2) is 4.86. The zero-order valence-electron chi connectivity index (χ0n) is 9.77. The minimum atomic E-state index is 0.258. The lowest BCUT2D eigenvalue weighted by Crippen LogP contribution is -2.20. The molecule has 1 N–H and O–H groups in total. The second-order valence-corrected chi connectivity index (χ2v) is 4.63. The predicted octanol–water partition coefficient (Wildman–Crippen LogP) is 3.67. The fraction of sp³-hybridized carbons (Fsp3) is 0.214. The second-order valence-electron chi connectivity index (χ2n) is 4.24. The molecule has 0 amide bonds. The average Bonchev–Trinajstić information content (AvgIpc) is 2.39. The van der Waals surface area contributed by atoms with E-state index in [1.54, 1.807) is 6.20 Å². The molecule has 0 saturated heterocycles. The summed E-state index contributed by atoms with van der Waals surface area (Å²) in [7, 11) is 0. The topological polar surface area (TPSA) is 34.1 Å². The molecule has 0 saturated carbocycles. The van der Waals surface area contributed by atoms with E-state index in [1.807, 2.05) is 30.3 Å². The third kappa shape index (κ3) is 2.27. The van der Waals surface area contributed by atoms with Crippen LogP contribution in [0, 0.1) is 0 Å². The smallest absolute Gasteiger partial charge is 0.131 e. The largest absolute Gasteiger partial charge is 0.493 e. The Labute approximate surface area is 111 Å². The number of rotatable bonds is 2. The number of para-hydroxylation sites is 1. The zero-order valence-corrected chi connectivity index (χ0v) is 10.5. The fourth-order valence-electron chi connectivity index (χ4n) is 2.19. The molecule has 0 bridgehead atoms. The van der Waals surface area contributed by atoms with Crippen molar-refractivity contribution in [1.82, 2.24) is 4.98 Å². The van der Waals surface area contributed by atoms with Gasteiger partial charge < -0.3 is 10.1 Å². The van der Waals surface area contributed by atoms with Gasteiger partial charge in [-0.25, -0.2) is 4.98 Å². The molecule has 1 aliphatic heterocycles. The van der Waals surface area contributed by atoms with E-state index in [9.17, 15) is 0 Å². The van der Waals surface area contributed by atoms with Gasteiger partial charge in [-0.3, -0.25) is 0 Å². The molecule has 2 aromatic rings. The number of hydrogen-bond donors (Lipinski definition) is 1. The number of ether oxygens (including phenoxy) is 1. The summed E-state index contributed by atoms with van der Waals surface area (Å²) < 4.78 is 5.64. The number of nitrogens with one attached hydrogen (secondary N) is 1. The number of halogens is 1. The van der Waals surface area contributed by atoms with Gasteiger partial charge in [0, 0.05) is 23.9 Å². The average molecular weight is 261 g/mol. The van der Waals surface area contributed by atoms with Crippen molar-refractivity contribution in [1.29, 1.82) is 0 Å². The Morgan fingerprint density at radius 2 is 2.17 bits per heavy atom. The standard InChI is InChI=1S/C14H13ClN2O/c15-14-9-10(5-7-16-14)17-12-6-8-18-13-4-2-1-3-11(12)13/h1-5,7,9,12H,6,8H2,(H,16,17). The predicted molar refractivity (Wildman–Crippen MR) is 72.2 cm³/mol. The molecule has 1 aromatic carbocycles. The highest BCUT2D eigenvalue weighted by Crippen LogP contribution is 2.34. The lowest BCUT2D eigenvalue weighted by atomic mass is 10.0. The molecule has 1 aliphatic rings. The summed E-state index contributed by atoms with van der Waals surface area (Å²) in [5, 5.41) is 3.97. The summed E-state index contributed by atoms with van der Waals surface area (Å²) >= 11 is 5.89. The molecule has 0 fully saturated rings. The molecule has 1 aromatic heterocycles. The molecule has 4 heteroatoms. The SMILES string of the molecule is Clc1cc(NC2CCOc3ccccc32)ccn1. The first-order chi connectivity index (χ1) is 8.83. The summed E-state index contributed by atoms with van der Waals surface area (Å²) in [4.78, 5) is 3.98. The van der Waals surface area contributed by atoms with E-state index >= 15 is 0 Å². The lowest BCUT2D eigenvalue weighted by Gasteiger charge is -2.27. The van der Waals surface area contributed by atoms with Crippen molar-refractivity contribution in [3.63, 3.8) is 0 Å². The van der Waals surface area contributed by atoms with Gasteiger partial charge in [0.05, 0.1) is 12.6 Å². The third-order valence-corrected chi connectivity index (χ3v) is 3.23. The minimum Gasteiger partial charge on any atom is -0.493 e. The summed E-state index contributed by atoms with van der Waals surface area (Å²) in [5.74, 6) is 0.960. The third-order valence-electron chi connectivity index (χ3n) is 3.03. The Hall–Kier alpha value is -1.74. The molecule has 1 atom stereocenters. The van der Waals surface area contributed by atoms with Crippen molar-refractivity contribution in [3.8, 4) is 5.75 Å². The van der Waals surface area contributed by atoms with E-state index in [0.717, 1.165) is 24.5 Å². The number of pyridine rings is 1. The molecule has 1 unspecified atom stereocenters. The number of fused-ring (bicyclic) bond motifs is 1. The number of benzene rings is 1. The first-order valence-electron chi connectivity index (χ1n) is 5.93. The van der Waals surface area contributed by atoms with Crippen molar-refractivity contribution in [2.75, 3.05) is 11.9 Å². The number of nitrogens with zero attached hydrogens (tertiary/aromatic N) is 1. The molecule has 92 valence electrons. The van der Waals surface area contributed by atoms with E-state index in [1.165, 1.54) is 5.56 Å². The van der Waals surface area contributed by atoms with Crippen LogP contribution in [0.15, 0.2) is 42.6 Å². The first-order valence-corrected chi connectivity index (χ1v) is 6.30. The van der Waals surface area contributed by atoms with Gasteiger partial charge in [-0.15, -0.1) is 0 Å². The summed E-state index contributed by atoms with van der Waals surface area (Å²) in [6.07, 6.45) is 2.65. The van der Waals surface area contributed by atoms with Crippen LogP contribution in [0.25, 0.3) is 0 Å². The highest BCUT2D eigenvalue weighted by atomic mass is 35.5. The van der Waals surface area contributed by atoms with Gasteiger partial charge in [-0.05, 0) is 18.2 Å². The molecule has 3 rings (SSSR count). The van der Waals surface area contributed by atoms with Gasteiger partial charge >= 0.3 is 0 Å². The number of hydrogen-bond acceptors (Lipinski definition) is 3. The summed E-state index contributed by atoms with van der Waals surface area (Å²) in [5.41, 5.74) is 2.17. The van der Waals surface area contributed by atoms with Crippen molar-refractivity contribution < 1.29 is 4.74 Å². The molecule has 2 heterocycles. The highest BCUT2D eigenvalue weighted by Gasteiger charge is 2.20. The van der Waals surface area contributed by atoms with Crippen LogP contribution in [-0.2, 0) is 0 Å². The maximum Gasteiger partial charge on any atom is 0.131 e. The van der Waals surface area contributed by atoms with Gasteiger partial charge in [0.25, 0.3) is 0 Å². The van der Waals surface area contributed by atoms with Gasteiger partial charge in [0.15, 0.2) is 0 Å². The van der Waals surface area contributed by atoms with Crippen LogP contribution in [0.3, 0.4) is 0 Å². The Bertz CT molecular complexity index is 559. The van der Waals surface area contributed by atoms with Crippen molar-refractivity contribution in [2.24, 2.45) is 0 Å².